The summed E-state index contributed by atoms with van der Waals surface area (Å²) in [7, 11) is 0. The van der Waals surface area contributed by atoms with E-state index in [0.717, 1.165) is 30.8 Å². The first-order chi connectivity index (χ1) is 6.86. The summed E-state index contributed by atoms with van der Waals surface area (Å²) in [5.74, 6) is 0.317. The Morgan fingerprint density at radius 3 is 3.21 bits per heavy atom. The lowest BCUT2D eigenvalue weighted by molar-refractivity contribution is 0.429. The van der Waals surface area contributed by atoms with Crippen molar-refractivity contribution < 1.29 is 4.39 Å². The van der Waals surface area contributed by atoms with E-state index in [0.29, 0.717) is 12.0 Å². The Labute approximate surface area is 82.5 Å². The number of rotatable bonds is 0. The monoisotopic (exact) mass is 192 g/mol. The molecule has 0 radical (unpaired) electrons. The minimum Gasteiger partial charge on any atom is -0.380 e. The second kappa shape index (κ2) is 2.95. The van der Waals surface area contributed by atoms with Gasteiger partial charge >= 0.3 is 0 Å². The van der Waals surface area contributed by atoms with Crippen molar-refractivity contribution in [2.45, 2.75) is 18.4 Å². The van der Waals surface area contributed by atoms with Crippen LogP contribution in [0.15, 0.2) is 18.2 Å². The Balaban J connectivity index is 2.06. The van der Waals surface area contributed by atoms with Gasteiger partial charge in [0.2, 0.25) is 0 Å². The largest absolute Gasteiger partial charge is 0.380 e. The molecular formula is C11H13FN2. The Hall–Kier alpha value is -1.09. The van der Waals surface area contributed by atoms with Crippen molar-refractivity contribution in [1.82, 2.24) is 5.32 Å². The number of piperidine rings is 1. The fraction of sp³-hybridized carbons (Fsp3) is 0.455. The predicted molar refractivity (Wildman–Crippen MR) is 54.0 cm³/mol. The Morgan fingerprint density at radius 2 is 2.29 bits per heavy atom. The van der Waals surface area contributed by atoms with E-state index in [2.05, 4.69) is 10.6 Å². The zero-order chi connectivity index (χ0) is 9.54. The lowest BCUT2D eigenvalue weighted by atomic mass is 9.89. The van der Waals surface area contributed by atoms with Gasteiger partial charge in [0.25, 0.3) is 0 Å². The molecule has 0 bridgehead atoms. The number of halogens is 1. The lowest BCUT2D eigenvalue weighted by Gasteiger charge is -2.26. The van der Waals surface area contributed by atoms with Crippen LogP contribution >= 0.6 is 0 Å². The molecule has 2 aliphatic rings. The highest BCUT2D eigenvalue weighted by Gasteiger charge is 2.35. The summed E-state index contributed by atoms with van der Waals surface area (Å²) in [5, 5.41) is 6.70. The SMILES string of the molecule is Fc1cccc2c1C1CCNCC1N2. The standard InChI is InChI=1S/C11H13FN2/c12-8-2-1-3-9-11(8)7-4-5-13-6-10(7)14-9/h1-3,7,10,13-14H,4-6H2. The van der Waals surface area contributed by atoms with E-state index in [1.165, 1.54) is 0 Å². The van der Waals surface area contributed by atoms with E-state index in [1.807, 2.05) is 6.07 Å². The van der Waals surface area contributed by atoms with Crippen molar-refractivity contribution in [3.8, 4) is 0 Å². The first kappa shape index (κ1) is 8.24. The lowest BCUT2D eigenvalue weighted by Crippen LogP contribution is -2.40. The van der Waals surface area contributed by atoms with Gasteiger partial charge in [-0.05, 0) is 25.1 Å². The second-order valence-corrected chi connectivity index (χ2v) is 4.05. The molecule has 2 unspecified atom stereocenters. The quantitative estimate of drug-likeness (QED) is 0.653. The second-order valence-electron chi connectivity index (χ2n) is 4.05. The van der Waals surface area contributed by atoms with Crippen molar-refractivity contribution >= 4 is 5.69 Å². The molecule has 1 saturated heterocycles. The van der Waals surface area contributed by atoms with Gasteiger partial charge in [0.15, 0.2) is 0 Å². The molecule has 0 aromatic heterocycles. The molecule has 14 heavy (non-hydrogen) atoms. The highest BCUT2D eigenvalue weighted by Crippen LogP contribution is 2.40. The van der Waals surface area contributed by atoms with Gasteiger partial charge in [0.1, 0.15) is 5.82 Å². The van der Waals surface area contributed by atoms with Crippen LogP contribution < -0.4 is 10.6 Å². The molecule has 3 heteroatoms. The van der Waals surface area contributed by atoms with E-state index >= 15 is 0 Å². The van der Waals surface area contributed by atoms with Crippen molar-refractivity contribution in [2.24, 2.45) is 0 Å². The molecule has 0 spiro atoms. The number of nitrogens with one attached hydrogen (secondary N) is 2. The van der Waals surface area contributed by atoms with E-state index in [9.17, 15) is 4.39 Å². The Morgan fingerprint density at radius 1 is 1.36 bits per heavy atom. The number of hydrogen-bond donors (Lipinski definition) is 2. The summed E-state index contributed by atoms with van der Waals surface area (Å²) in [6.07, 6.45) is 1.03. The zero-order valence-electron chi connectivity index (χ0n) is 7.89. The maximum Gasteiger partial charge on any atom is 0.128 e. The minimum absolute atomic E-state index is 0.0515. The Bertz CT molecular complexity index is 364. The summed E-state index contributed by atoms with van der Waals surface area (Å²) < 4.78 is 13.6. The van der Waals surface area contributed by atoms with Gasteiger partial charge < -0.3 is 10.6 Å². The van der Waals surface area contributed by atoms with Gasteiger partial charge in [-0.25, -0.2) is 4.39 Å². The van der Waals surface area contributed by atoms with Crippen LogP contribution in [-0.2, 0) is 0 Å². The molecule has 2 N–H and O–H groups in total. The van der Waals surface area contributed by atoms with Gasteiger partial charge in [-0.15, -0.1) is 0 Å². The summed E-state index contributed by atoms with van der Waals surface area (Å²) in [5.41, 5.74) is 1.89. The van der Waals surface area contributed by atoms with E-state index in [-0.39, 0.29) is 5.82 Å². The third kappa shape index (κ3) is 1.05. The molecule has 2 atom stereocenters. The third-order valence-electron chi connectivity index (χ3n) is 3.25. The summed E-state index contributed by atoms with van der Waals surface area (Å²) in [6, 6.07) is 5.68. The van der Waals surface area contributed by atoms with Crippen molar-refractivity contribution in [3.63, 3.8) is 0 Å². The molecule has 1 aromatic carbocycles. The first-order valence-corrected chi connectivity index (χ1v) is 5.12. The van der Waals surface area contributed by atoms with Gasteiger partial charge in [-0.3, -0.25) is 0 Å². The molecule has 74 valence electrons. The molecule has 3 rings (SSSR count). The number of fused-ring (bicyclic) bond motifs is 3. The maximum atomic E-state index is 13.6. The van der Waals surface area contributed by atoms with E-state index < -0.39 is 0 Å². The fourth-order valence-corrected chi connectivity index (χ4v) is 2.60. The summed E-state index contributed by atoms with van der Waals surface area (Å²) >= 11 is 0. The third-order valence-corrected chi connectivity index (χ3v) is 3.25. The normalized spacial score (nSPS) is 29.2. The number of hydrogen-bond acceptors (Lipinski definition) is 2. The molecule has 1 fully saturated rings. The number of benzene rings is 1. The predicted octanol–water partition coefficient (Wildman–Crippen LogP) is 1.70. The molecule has 1 aromatic rings. The van der Waals surface area contributed by atoms with Crippen LogP contribution in [0.5, 0.6) is 0 Å². The number of anilines is 1. The van der Waals surface area contributed by atoms with Crippen molar-refractivity contribution in [3.05, 3.63) is 29.6 Å². The molecular weight excluding hydrogens is 179 g/mol. The Kier molecular flexibility index (Phi) is 1.74. The van der Waals surface area contributed by atoms with E-state index in [1.54, 1.807) is 12.1 Å². The van der Waals surface area contributed by atoms with Gasteiger partial charge in [0.05, 0.1) is 0 Å². The van der Waals surface area contributed by atoms with Crippen LogP contribution in [0.2, 0.25) is 0 Å². The van der Waals surface area contributed by atoms with Crippen LogP contribution in [-0.4, -0.2) is 19.1 Å². The topological polar surface area (TPSA) is 24.1 Å². The van der Waals surface area contributed by atoms with Crippen LogP contribution in [0.3, 0.4) is 0 Å². The van der Waals surface area contributed by atoms with Crippen LogP contribution in [0.25, 0.3) is 0 Å². The summed E-state index contributed by atoms with van der Waals surface area (Å²) in [6.45, 7) is 1.94. The molecule has 2 aliphatic heterocycles. The van der Waals surface area contributed by atoms with Gasteiger partial charge in [0, 0.05) is 29.8 Å². The molecule has 2 heterocycles. The molecule has 0 aliphatic carbocycles. The van der Waals surface area contributed by atoms with Gasteiger partial charge in [-0.2, -0.15) is 0 Å². The molecule has 2 nitrogen and oxygen atoms in total. The minimum atomic E-state index is -0.0515. The van der Waals surface area contributed by atoms with Crippen LogP contribution in [0, 0.1) is 5.82 Å². The fourth-order valence-electron chi connectivity index (χ4n) is 2.60. The maximum absolute atomic E-state index is 13.6. The molecule has 0 saturated carbocycles. The van der Waals surface area contributed by atoms with Crippen molar-refractivity contribution in [2.75, 3.05) is 18.4 Å². The van der Waals surface area contributed by atoms with Crippen LogP contribution in [0.1, 0.15) is 17.9 Å². The van der Waals surface area contributed by atoms with Gasteiger partial charge in [-0.1, -0.05) is 6.07 Å². The first-order valence-electron chi connectivity index (χ1n) is 5.12. The highest BCUT2D eigenvalue weighted by molar-refractivity contribution is 5.60. The smallest absolute Gasteiger partial charge is 0.128 e. The van der Waals surface area contributed by atoms with Crippen LogP contribution in [0.4, 0.5) is 10.1 Å². The van der Waals surface area contributed by atoms with E-state index in [4.69, 9.17) is 0 Å². The van der Waals surface area contributed by atoms with Crippen molar-refractivity contribution in [1.29, 1.82) is 0 Å². The average Bonchev–Trinajstić information content (AvgIpc) is 2.57. The summed E-state index contributed by atoms with van der Waals surface area (Å²) in [4.78, 5) is 0. The average molecular weight is 192 g/mol. The zero-order valence-corrected chi connectivity index (χ0v) is 7.89. The highest BCUT2D eigenvalue weighted by atomic mass is 19.1. The molecule has 0 amide bonds.